The molecule has 1 aromatic rings. The molecule has 0 aliphatic heterocycles. The van der Waals surface area contributed by atoms with Gasteiger partial charge in [0.05, 0.1) is 6.61 Å². The van der Waals surface area contributed by atoms with Crippen LogP contribution in [0.5, 0.6) is 0 Å². The lowest BCUT2D eigenvalue weighted by Crippen LogP contribution is -2.10. The largest absolute Gasteiger partial charge is 0.377 e. The van der Waals surface area contributed by atoms with Crippen molar-refractivity contribution in [1.29, 1.82) is 0 Å². The Bertz CT molecular complexity index is 292. The average Bonchev–Trinajstić information content (AvgIpc) is 2.33. The van der Waals surface area contributed by atoms with Crippen LogP contribution in [-0.4, -0.2) is 20.2 Å². The molecule has 0 aliphatic carbocycles. The highest BCUT2D eigenvalue weighted by molar-refractivity contribution is 5.22. The van der Waals surface area contributed by atoms with Gasteiger partial charge < -0.3 is 10.1 Å². The first-order valence-corrected chi connectivity index (χ1v) is 6.52. The molecule has 0 aromatic heterocycles. The predicted molar refractivity (Wildman–Crippen MR) is 73.2 cm³/mol. The molecule has 0 heterocycles. The summed E-state index contributed by atoms with van der Waals surface area (Å²) in [6, 6.07) is 8.72. The van der Waals surface area contributed by atoms with Crippen LogP contribution in [0.15, 0.2) is 24.3 Å². The topological polar surface area (TPSA) is 21.3 Å². The maximum absolute atomic E-state index is 5.64. The van der Waals surface area contributed by atoms with Crippen molar-refractivity contribution in [3.8, 4) is 0 Å². The van der Waals surface area contributed by atoms with Gasteiger partial charge in [0.25, 0.3) is 0 Å². The minimum Gasteiger partial charge on any atom is -0.377 e. The molecule has 0 amide bonds. The summed E-state index contributed by atoms with van der Waals surface area (Å²) < 4.78 is 5.64. The summed E-state index contributed by atoms with van der Waals surface area (Å²) in [6.07, 6.45) is 2.23. The number of ether oxygens (including phenoxy) is 1. The second-order valence-electron chi connectivity index (χ2n) is 4.91. The van der Waals surface area contributed by atoms with Gasteiger partial charge in [-0.2, -0.15) is 0 Å². The molecule has 96 valence electrons. The van der Waals surface area contributed by atoms with Gasteiger partial charge in [0, 0.05) is 6.61 Å². The maximum Gasteiger partial charge on any atom is 0.0716 e. The fourth-order valence-electron chi connectivity index (χ4n) is 1.58. The van der Waals surface area contributed by atoms with Crippen LogP contribution in [0.4, 0.5) is 0 Å². The van der Waals surface area contributed by atoms with Gasteiger partial charge in [-0.15, -0.1) is 0 Å². The molecule has 17 heavy (non-hydrogen) atoms. The number of hydrogen-bond donors (Lipinski definition) is 1. The van der Waals surface area contributed by atoms with Crippen LogP contribution in [0.1, 0.15) is 31.4 Å². The zero-order chi connectivity index (χ0) is 12.5. The van der Waals surface area contributed by atoms with Gasteiger partial charge in [-0.25, -0.2) is 0 Å². The van der Waals surface area contributed by atoms with Gasteiger partial charge in [0.1, 0.15) is 0 Å². The molecule has 0 saturated carbocycles. The molecular weight excluding hydrogens is 210 g/mol. The predicted octanol–water partition coefficient (Wildman–Crippen LogP) is 3.01. The summed E-state index contributed by atoms with van der Waals surface area (Å²) in [5, 5.41) is 3.16. The van der Waals surface area contributed by atoms with Crippen LogP contribution >= 0.6 is 0 Å². The maximum atomic E-state index is 5.64. The van der Waals surface area contributed by atoms with Crippen LogP contribution in [0.2, 0.25) is 0 Å². The molecule has 2 nitrogen and oxygen atoms in total. The van der Waals surface area contributed by atoms with Crippen molar-refractivity contribution >= 4 is 0 Å². The fourth-order valence-corrected chi connectivity index (χ4v) is 1.58. The molecule has 0 saturated heterocycles. The van der Waals surface area contributed by atoms with E-state index >= 15 is 0 Å². The minimum absolute atomic E-state index is 0.721. The van der Waals surface area contributed by atoms with E-state index in [1.54, 1.807) is 0 Å². The minimum atomic E-state index is 0.721. The fraction of sp³-hybridized carbons (Fsp3) is 0.600. The van der Waals surface area contributed by atoms with E-state index in [4.69, 9.17) is 4.74 Å². The van der Waals surface area contributed by atoms with Gasteiger partial charge in [-0.05, 0) is 43.5 Å². The van der Waals surface area contributed by atoms with E-state index in [2.05, 4.69) is 43.4 Å². The second kappa shape index (κ2) is 8.26. The van der Waals surface area contributed by atoms with Crippen LogP contribution in [-0.2, 0) is 17.8 Å². The number of rotatable bonds is 8. The van der Waals surface area contributed by atoms with E-state index in [0.29, 0.717) is 0 Å². The summed E-state index contributed by atoms with van der Waals surface area (Å²) in [6.45, 7) is 7.07. The van der Waals surface area contributed by atoms with Gasteiger partial charge in [0.15, 0.2) is 0 Å². The number of likely N-dealkylation sites (N-methyl/N-ethyl adjacent to an activating group) is 1. The molecule has 1 aromatic carbocycles. The Hall–Kier alpha value is -0.860. The first-order chi connectivity index (χ1) is 8.22. The first kappa shape index (κ1) is 14.2. The van der Waals surface area contributed by atoms with Crippen molar-refractivity contribution in [2.24, 2.45) is 5.92 Å². The van der Waals surface area contributed by atoms with Crippen molar-refractivity contribution in [2.75, 3.05) is 20.2 Å². The van der Waals surface area contributed by atoms with E-state index < -0.39 is 0 Å². The molecule has 0 unspecified atom stereocenters. The SMILES string of the molecule is CNCCc1ccc(COCCC(C)C)cc1. The summed E-state index contributed by atoms with van der Waals surface area (Å²) in [5.41, 5.74) is 2.65. The van der Waals surface area contributed by atoms with Crippen LogP contribution in [0.3, 0.4) is 0 Å². The molecule has 1 N–H and O–H groups in total. The first-order valence-electron chi connectivity index (χ1n) is 6.52. The summed E-state index contributed by atoms with van der Waals surface area (Å²) in [7, 11) is 1.98. The molecule has 0 aliphatic rings. The van der Waals surface area contributed by atoms with E-state index in [0.717, 1.165) is 38.5 Å². The number of hydrogen-bond acceptors (Lipinski definition) is 2. The lowest BCUT2D eigenvalue weighted by Gasteiger charge is -2.07. The Labute approximate surface area is 105 Å². The van der Waals surface area contributed by atoms with Crippen LogP contribution in [0.25, 0.3) is 0 Å². The quantitative estimate of drug-likeness (QED) is 0.699. The molecular formula is C15H25NO. The molecule has 2 heteroatoms. The molecule has 0 radical (unpaired) electrons. The van der Waals surface area contributed by atoms with E-state index in [9.17, 15) is 0 Å². The molecule has 0 atom stereocenters. The Morgan fingerprint density at radius 1 is 1.12 bits per heavy atom. The third-order valence-electron chi connectivity index (χ3n) is 2.79. The monoisotopic (exact) mass is 235 g/mol. The molecule has 0 spiro atoms. The molecule has 1 rings (SSSR count). The van der Waals surface area contributed by atoms with Crippen molar-refractivity contribution in [2.45, 2.75) is 33.3 Å². The molecule has 0 fully saturated rings. The Morgan fingerprint density at radius 2 is 1.76 bits per heavy atom. The Balaban J connectivity index is 2.25. The average molecular weight is 235 g/mol. The van der Waals surface area contributed by atoms with E-state index in [1.165, 1.54) is 11.1 Å². The highest BCUT2D eigenvalue weighted by atomic mass is 16.5. The smallest absolute Gasteiger partial charge is 0.0716 e. The van der Waals surface area contributed by atoms with Gasteiger partial charge in [0.2, 0.25) is 0 Å². The lowest BCUT2D eigenvalue weighted by molar-refractivity contribution is 0.110. The Kier molecular flexibility index (Phi) is 6.90. The van der Waals surface area contributed by atoms with Crippen molar-refractivity contribution in [1.82, 2.24) is 5.32 Å². The van der Waals surface area contributed by atoms with E-state index in [-0.39, 0.29) is 0 Å². The van der Waals surface area contributed by atoms with Gasteiger partial charge >= 0.3 is 0 Å². The summed E-state index contributed by atoms with van der Waals surface area (Å²) in [5.74, 6) is 0.721. The van der Waals surface area contributed by atoms with Gasteiger partial charge in [-0.1, -0.05) is 38.1 Å². The third kappa shape index (κ3) is 6.44. The standard InChI is InChI=1S/C15H25NO/c1-13(2)9-11-17-12-15-6-4-14(5-7-15)8-10-16-3/h4-7,13,16H,8-12H2,1-3H3. The molecule has 0 bridgehead atoms. The Morgan fingerprint density at radius 3 is 2.35 bits per heavy atom. The highest BCUT2D eigenvalue weighted by Gasteiger charge is 1.97. The zero-order valence-electron chi connectivity index (χ0n) is 11.3. The lowest BCUT2D eigenvalue weighted by atomic mass is 10.1. The summed E-state index contributed by atoms with van der Waals surface area (Å²) >= 11 is 0. The van der Waals surface area contributed by atoms with Crippen molar-refractivity contribution in [3.05, 3.63) is 35.4 Å². The number of nitrogens with one attached hydrogen (secondary N) is 1. The third-order valence-corrected chi connectivity index (χ3v) is 2.79. The highest BCUT2D eigenvalue weighted by Crippen LogP contribution is 2.07. The second-order valence-corrected chi connectivity index (χ2v) is 4.91. The van der Waals surface area contributed by atoms with Crippen molar-refractivity contribution in [3.63, 3.8) is 0 Å². The summed E-state index contributed by atoms with van der Waals surface area (Å²) in [4.78, 5) is 0. The zero-order valence-corrected chi connectivity index (χ0v) is 11.3. The number of benzene rings is 1. The van der Waals surface area contributed by atoms with Crippen LogP contribution < -0.4 is 5.32 Å². The normalized spacial score (nSPS) is 11.1. The van der Waals surface area contributed by atoms with E-state index in [1.807, 2.05) is 7.05 Å². The van der Waals surface area contributed by atoms with Crippen molar-refractivity contribution < 1.29 is 4.74 Å². The van der Waals surface area contributed by atoms with Gasteiger partial charge in [-0.3, -0.25) is 0 Å². The van der Waals surface area contributed by atoms with Crippen LogP contribution in [0, 0.1) is 5.92 Å².